The molecule has 7 heteroatoms. The highest BCUT2D eigenvalue weighted by atomic mass is 32.2. The normalized spacial score (nSPS) is 16.4. The Morgan fingerprint density at radius 1 is 1.00 bits per heavy atom. The van der Waals surface area contributed by atoms with E-state index < -0.39 is 10.0 Å². The molecule has 2 fully saturated rings. The molecule has 0 aliphatic heterocycles. The van der Waals surface area contributed by atoms with E-state index in [0.29, 0.717) is 19.4 Å². The Balaban J connectivity index is 1.24. The second-order valence-electron chi connectivity index (χ2n) is 8.25. The van der Waals surface area contributed by atoms with Crippen molar-refractivity contribution in [3.05, 3.63) is 59.7 Å². The lowest BCUT2D eigenvalue weighted by Crippen LogP contribution is -2.25. The van der Waals surface area contributed by atoms with Crippen LogP contribution < -0.4 is 10.0 Å². The molecule has 0 aromatic heterocycles. The second kappa shape index (κ2) is 9.29. The van der Waals surface area contributed by atoms with Crippen LogP contribution in [0.1, 0.15) is 43.2 Å². The summed E-state index contributed by atoms with van der Waals surface area (Å²) >= 11 is 0. The molecule has 2 aromatic rings. The van der Waals surface area contributed by atoms with E-state index in [4.69, 9.17) is 4.74 Å². The van der Waals surface area contributed by atoms with Gasteiger partial charge in [0.15, 0.2) is 0 Å². The fourth-order valence-electron chi connectivity index (χ4n) is 3.17. The van der Waals surface area contributed by atoms with Gasteiger partial charge < -0.3 is 10.1 Å². The number of anilines is 1. The van der Waals surface area contributed by atoms with Gasteiger partial charge in [0, 0.05) is 24.8 Å². The molecule has 0 radical (unpaired) electrons. The fourth-order valence-corrected chi connectivity index (χ4v) is 4.48. The third-order valence-electron chi connectivity index (χ3n) is 5.30. The van der Waals surface area contributed by atoms with Gasteiger partial charge in [0.05, 0.1) is 11.5 Å². The van der Waals surface area contributed by atoms with E-state index in [9.17, 15) is 13.2 Å². The molecule has 2 aliphatic rings. The summed E-state index contributed by atoms with van der Waals surface area (Å²) in [5.41, 5.74) is 2.74. The van der Waals surface area contributed by atoms with Crippen LogP contribution in [-0.2, 0) is 32.6 Å². The largest absolute Gasteiger partial charge is 0.376 e. The first-order chi connectivity index (χ1) is 14.5. The highest BCUT2D eigenvalue weighted by Crippen LogP contribution is 2.29. The lowest BCUT2D eigenvalue weighted by Gasteiger charge is -2.09. The third kappa shape index (κ3) is 6.39. The fraction of sp³-hybridized carbons (Fsp3) is 0.435. The second-order valence-corrected chi connectivity index (χ2v) is 9.96. The molecular formula is C23H28N2O4S. The van der Waals surface area contributed by atoms with Crippen LogP contribution in [0.15, 0.2) is 53.4 Å². The Morgan fingerprint density at radius 2 is 1.77 bits per heavy atom. The molecule has 4 rings (SSSR count). The van der Waals surface area contributed by atoms with Crippen LogP contribution in [0.25, 0.3) is 0 Å². The predicted molar refractivity (Wildman–Crippen MR) is 116 cm³/mol. The average molecular weight is 429 g/mol. The monoisotopic (exact) mass is 428 g/mol. The average Bonchev–Trinajstić information content (AvgIpc) is 3.64. The van der Waals surface area contributed by atoms with Crippen molar-refractivity contribution in [1.82, 2.24) is 4.72 Å². The number of ether oxygens (including phenoxy) is 1. The summed E-state index contributed by atoms with van der Waals surface area (Å²) in [5.74, 6) is 0.662. The lowest BCUT2D eigenvalue weighted by atomic mass is 10.1. The molecule has 2 N–H and O–H groups in total. The molecule has 1 amide bonds. The Labute approximate surface area is 178 Å². The number of benzene rings is 2. The van der Waals surface area contributed by atoms with Crippen molar-refractivity contribution in [1.29, 1.82) is 0 Å². The molecule has 0 bridgehead atoms. The molecule has 30 heavy (non-hydrogen) atoms. The molecule has 2 aromatic carbocycles. The number of nitrogens with one attached hydrogen (secondary N) is 2. The number of carbonyl (C=O) groups is 1. The smallest absolute Gasteiger partial charge is 0.240 e. The van der Waals surface area contributed by atoms with Gasteiger partial charge in [-0.3, -0.25) is 4.79 Å². The maximum absolute atomic E-state index is 12.3. The molecular weight excluding hydrogens is 400 g/mol. The van der Waals surface area contributed by atoms with Crippen LogP contribution in [0.4, 0.5) is 5.69 Å². The first-order valence-electron chi connectivity index (χ1n) is 10.6. The van der Waals surface area contributed by atoms with Gasteiger partial charge in [0.2, 0.25) is 15.9 Å². The number of amides is 1. The van der Waals surface area contributed by atoms with Gasteiger partial charge in [0.25, 0.3) is 0 Å². The van der Waals surface area contributed by atoms with Gasteiger partial charge in [-0.25, -0.2) is 13.1 Å². The molecule has 0 saturated heterocycles. The number of aryl methyl sites for hydroxylation is 1. The van der Waals surface area contributed by atoms with Crippen molar-refractivity contribution in [2.45, 2.75) is 56.1 Å². The summed E-state index contributed by atoms with van der Waals surface area (Å²) in [6.45, 7) is 1.37. The SMILES string of the molecule is O=C(CCc1ccc(S(=O)(=O)NC2CC2)cc1)Nc1cccc(COCC2CC2)c1. The molecule has 0 atom stereocenters. The van der Waals surface area contributed by atoms with Crippen molar-refractivity contribution < 1.29 is 17.9 Å². The lowest BCUT2D eigenvalue weighted by molar-refractivity contribution is -0.116. The minimum Gasteiger partial charge on any atom is -0.376 e. The Morgan fingerprint density at radius 3 is 2.47 bits per heavy atom. The summed E-state index contributed by atoms with van der Waals surface area (Å²) < 4.78 is 32.8. The van der Waals surface area contributed by atoms with Crippen molar-refractivity contribution >= 4 is 21.6 Å². The first kappa shape index (κ1) is 21.0. The summed E-state index contributed by atoms with van der Waals surface area (Å²) in [6, 6.07) is 14.6. The van der Waals surface area contributed by atoms with Gasteiger partial charge in [-0.2, -0.15) is 0 Å². The maximum atomic E-state index is 12.3. The van der Waals surface area contributed by atoms with Crippen molar-refractivity contribution in [2.75, 3.05) is 11.9 Å². The number of hydrogen-bond donors (Lipinski definition) is 2. The summed E-state index contributed by atoms with van der Waals surface area (Å²) in [4.78, 5) is 12.6. The van der Waals surface area contributed by atoms with E-state index in [1.807, 2.05) is 24.3 Å². The van der Waals surface area contributed by atoms with Crippen LogP contribution in [0.5, 0.6) is 0 Å². The molecule has 6 nitrogen and oxygen atoms in total. The van der Waals surface area contributed by atoms with E-state index in [0.717, 1.165) is 42.2 Å². The zero-order valence-corrected chi connectivity index (χ0v) is 17.8. The van der Waals surface area contributed by atoms with Gasteiger partial charge in [-0.15, -0.1) is 0 Å². The molecule has 0 heterocycles. The van der Waals surface area contributed by atoms with Crippen molar-refractivity contribution in [2.24, 2.45) is 5.92 Å². The highest BCUT2D eigenvalue weighted by Gasteiger charge is 2.27. The number of carbonyl (C=O) groups excluding carboxylic acids is 1. The number of sulfonamides is 1. The van der Waals surface area contributed by atoms with Crippen LogP contribution in [-0.4, -0.2) is 27.0 Å². The summed E-state index contributed by atoms with van der Waals surface area (Å²) in [5, 5.41) is 2.93. The van der Waals surface area contributed by atoms with E-state index in [2.05, 4.69) is 10.0 Å². The highest BCUT2D eigenvalue weighted by molar-refractivity contribution is 7.89. The summed E-state index contributed by atoms with van der Waals surface area (Å²) in [6.07, 6.45) is 5.23. The minimum absolute atomic E-state index is 0.0712. The molecule has 2 saturated carbocycles. The maximum Gasteiger partial charge on any atom is 0.240 e. The van der Waals surface area contributed by atoms with Gasteiger partial charge >= 0.3 is 0 Å². The van der Waals surface area contributed by atoms with Crippen molar-refractivity contribution in [3.63, 3.8) is 0 Å². The zero-order valence-electron chi connectivity index (χ0n) is 17.0. The molecule has 0 unspecified atom stereocenters. The van der Waals surface area contributed by atoms with Crippen LogP contribution in [0.2, 0.25) is 0 Å². The topological polar surface area (TPSA) is 84.5 Å². The quantitative estimate of drug-likeness (QED) is 0.572. The number of hydrogen-bond acceptors (Lipinski definition) is 4. The molecule has 2 aliphatic carbocycles. The standard InChI is InChI=1S/C23H28N2O4S/c26-23(24-21-3-1-2-19(14-21)16-29-15-18-4-5-18)13-8-17-6-11-22(12-7-17)30(27,28)25-20-9-10-20/h1-3,6-7,11-12,14,18,20,25H,4-5,8-10,13,15-16H2,(H,24,26). The predicted octanol–water partition coefficient (Wildman–Crippen LogP) is 3.63. The third-order valence-corrected chi connectivity index (χ3v) is 6.84. The number of rotatable bonds is 11. The van der Waals surface area contributed by atoms with Gasteiger partial charge in [-0.1, -0.05) is 24.3 Å². The van der Waals surface area contributed by atoms with Crippen LogP contribution >= 0.6 is 0 Å². The van der Waals surface area contributed by atoms with E-state index >= 15 is 0 Å². The molecule has 160 valence electrons. The summed E-state index contributed by atoms with van der Waals surface area (Å²) in [7, 11) is -3.44. The van der Waals surface area contributed by atoms with Crippen LogP contribution in [0, 0.1) is 5.92 Å². The first-order valence-corrected chi connectivity index (χ1v) is 12.0. The van der Waals surface area contributed by atoms with Gasteiger partial charge in [-0.05, 0) is 73.4 Å². The minimum atomic E-state index is -3.44. The Kier molecular flexibility index (Phi) is 6.51. The molecule has 0 spiro atoms. The van der Waals surface area contributed by atoms with E-state index in [1.54, 1.807) is 24.3 Å². The zero-order chi connectivity index (χ0) is 21.0. The van der Waals surface area contributed by atoms with Crippen molar-refractivity contribution in [3.8, 4) is 0 Å². The van der Waals surface area contributed by atoms with E-state index in [-0.39, 0.29) is 16.8 Å². The van der Waals surface area contributed by atoms with E-state index in [1.165, 1.54) is 12.8 Å². The van der Waals surface area contributed by atoms with Gasteiger partial charge in [0.1, 0.15) is 0 Å². The Bertz CT molecular complexity index is 981. The van der Waals surface area contributed by atoms with Crippen LogP contribution in [0.3, 0.4) is 0 Å². The Hall–Kier alpha value is -2.22.